The van der Waals surface area contributed by atoms with Gasteiger partial charge in [-0.3, -0.25) is 4.79 Å². The Hall–Kier alpha value is -3.29. The number of hydrogen-bond donors (Lipinski definition) is 2. The highest BCUT2D eigenvalue weighted by Crippen LogP contribution is 2.21. The number of aryl methyl sites for hydroxylation is 1. The van der Waals surface area contributed by atoms with E-state index < -0.39 is 0 Å². The van der Waals surface area contributed by atoms with Gasteiger partial charge in [0.15, 0.2) is 5.76 Å². The first kappa shape index (κ1) is 18.5. The molecule has 0 aliphatic heterocycles. The molecule has 0 atom stereocenters. The highest BCUT2D eigenvalue weighted by Gasteiger charge is 2.15. The molecule has 3 aromatic rings. The van der Waals surface area contributed by atoms with Crippen LogP contribution in [0.15, 0.2) is 41.0 Å². The van der Waals surface area contributed by atoms with Gasteiger partial charge in [0.05, 0.1) is 23.8 Å². The molecule has 3 amide bonds. The molecule has 2 heterocycles. The summed E-state index contributed by atoms with van der Waals surface area (Å²) in [4.78, 5) is 30.4. The first-order valence-corrected chi connectivity index (χ1v) is 8.67. The first-order chi connectivity index (χ1) is 12.8. The zero-order chi connectivity index (χ0) is 19.6. The van der Waals surface area contributed by atoms with E-state index in [0.29, 0.717) is 12.2 Å². The minimum absolute atomic E-state index is 0.0701. The third-order valence-electron chi connectivity index (χ3n) is 4.11. The average Bonchev–Trinajstić information content (AvgIpc) is 3.23. The number of urea groups is 1. The summed E-state index contributed by atoms with van der Waals surface area (Å²) in [6.45, 7) is 4.20. The zero-order valence-electron chi connectivity index (χ0n) is 15.8. The number of fused-ring (bicyclic) bond motifs is 1. The van der Waals surface area contributed by atoms with Crippen LogP contribution in [0.4, 0.5) is 10.5 Å². The fourth-order valence-corrected chi connectivity index (χ4v) is 2.71. The second-order valence-electron chi connectivity index (χ2n) is 6.68. The van der Waals surface area contributed by atoms with Crippen LogP contribution in [0.2, 0.25) is 0 Å². The van der Waals surface area contributed by atoms with Crippen LogP contribution < -0.4 is 10.6 Å². The van der Waals surface area contributed by atoms with Gasteiger partial charge < -0.3 is 24.5 Å². The number of carbonyl (C=O) groups excluding carboxylic acids is 2. The van der Waals surface area contributed by atoms with Crippen LogP contribution in [0.3, 0.4) is 0 Å². The van der Waals surface area contributed by atoms with Crippen molar-refractivity contribution < 1.29 is 14.0 Å². The van der Waals surface area contributed by atoms with Crippen molar-refractivity contribution in [3.05, 3.63) is 48.2 Å². The molecule has 3 rings (SSSR count). The van der Waals surface area contributed by atoms with E-state index in [1.807, 2.05) is 37.6 Å². The minimum atomic E-state index is -0.319. The van der Waals surface area contributed by atoms with Crippen LogP contribution in [0, 0.1) is 0 Å². The van der Waals surface area contributed by atoms with Gasteiger partial charge in [-0.15, -0.1) is 0 Å². The van der Waals surface area contributed by atoms with Crippen molar-refractivity contribution in [3.8, 4) is 0 Å². The first-order valence-electron chi connectivity index (χ1n) is 8.67. The third kappa shape index (κ3) is 4.11. The predicted molar refractivity (Wildman–Crippen MR) is 103 cm³/mol. The van der Waals surface area contributed by atoms with Gasteiger partial charge in [-0.2, -0.15) is 0 Å². The third-order valence-corrected chi connectivity index (χ3v) is 4.11. The Bertz CT molecular complexity index is 959. The monoisotopic (exact) mass is 369 g/mol. The van der Waals surface area contributed by atoms with E-state index in [9.17, 15) is 9.59 Å². The quantitative estimate of drug-likeness (QED) is 0.723. The zero-order valence-corrected chi connectivity index (χ0v) is 15.8. The number of nitrogens with one attached hydrogen (secondary N) is 2. The van der Waals surface area contributed by atoms with Gasteiger partial charge in [0.2, 0.25) is 0 Å². The molecule has 0 unspecified atom stereocenters. The Morgan fingerprint density at radius 2 is 2.07 bits per heavy atom. The summed E-state index contributed by atoms with van der Waals surface area (Å²) in [7, 11) is 3.63. The summed E-state index contributed by atoms with van der Waals surface area (Å²) in [5, 5.41) is 5.64. The number of amides is 3. The smallest absolute Gasteiger partial charge is 0.317 e. The van der Waals surface area contributed by atoms with Crippen LogP contribution in [-0.4, -0.2) is 39.5 Å². The summed E-state index contributed by atoms with van der Waals surface area (Å²) < 4.78 is 7.03. The number of aromatic nitrogens is 2. The van der Waals surface area contributed by atoms with Crippen LogP contribution in [0.1, 0.15) is 30.2 Å². The summed E-state index contributed by atoms with van der Waals surface area (Å²) in [6.07, 6.45) is 1.45. The van der Waals surface area contributed by atoms with E-state index in [4.69, 9.17) is 4.42 Å². The lowest BCUT2D eigenvalue weighted by molar-refractivity contribution is 0.0996. The largest absolute Gasteiger partial charge is 0.459 e. The van der Waals surface area contributed by atoms with Gasteiger partial charge >= 0.3 is 6.03 Å². The number of hydrogen-bond acceptors (Lipinski definition) is 4. The molecule has 2 aromatic heterocycles. The highest BCUT2D eigenvalue weighted by molar-refractivity contribution is 6.03. The topological polar surface area (TPSA) is 92.4 Å². The van der Waals surface area contributed by atoms with Crippen molar-refractivity contribution in [2.45, 2.75) is 26.4 Å². The number of nitrogens with zero attached hydrogens (tertiary/aromatic N) is 3. The Morgan fingerprint density at radius 3 is 2.74 bits per heavy atom. The van der Waals surface area contributed by atoms with Gasteiger partial charge in [0.1, 0.15) is 5.82 Å². The molecular formula is C19H23N5O3. The van der Waals surface area contributed by atoms with E-state index in [0.717, 1.165) is 16.9 Å². The second kappa shape index (κ2) is 7.53. The molecular weight excluding hydrogens is 346 g/mol. The van der Waals surface area contributed by atoms with E-state index in [2.05, 4.69) is 15.6 Å². The highest BCUT2D eigenvalue weighted by atomic mass is 16.3. The summed E-state index contributed by atoms with van der Waals surface area (Å²) in [5.41, 5.74) is 2.28. The van der Waals surface area contributed by atoms with Crippen molar-refractivity contribution in [1.82, 2.24) is 19.8 Å². The molecule has 0 aliphatic rings. The standard InChI is InChI=1S/C19H23N5O3/c1-12(2)20-19(26)23(3)11-17-22-14-10-13(7-8-15(14)24(17)4)21-18(25)16-6-5-9-27-16/h5-10,12H,11H2,1-4H3,(H,20,26)(H,21,25). The maximum Gasteiger partial charge on any atom is 0.317 e. The second-order valence-corrected chi connectivity index (χ2v) is 6.68. The number of carbonyl (C=O) groups is 2. The molecule has 8 heteroatoms. The molecule has 0 spiro atoms. The lowest BCUT2D eigenvalue weighted by Gasteiger charge is -2.19. The summed E-state index contributed by atoms with van der Waals surface area (Å²) in [5.74, 6) is 0.677. The molecule has 0 bridgehead atoms. The molecule has 0 saturated heterocycles. The lowest BCUT2D eigenvalue weighted by atomic mass is 10.2. The fraction of sp³-hybridized carbons (Fsp3) is 0.316. The van der Waals surface area contributed by atoms with Crippen molar-refractivity contribution >= 4 is 28.7 Å². The van der Waals surface area contributed by atoms with Gasteiger partial charge in [-0.1, -0.05) is 0 Å². The molecule has 0 aliphatic carbocycles. The van der Waals surface area contributed by atoms with E-state index in [1.165, 1.54) is 6.26 Å². The van der Waals surface area contributed by atoms with Crippen LogP contribution in [-0.2, 0) is 13.6 Å². The van der Waals surface area contributed by atoms with Crippen molar-refractivity contribution in [3.63, 3.8) is 0 Å². The SMILES string of the molecule is CC(C)NC(=O)N(C)Cc1nc2cc(NC(=O)c3ccco3)ccc2n1C. The van der Waals surface area contributed by atoms with E-state index in [1.54, 1.807) is 30.1 Å². The molecule has 27 heavy (non-hydrogen) atoms. The Labute approximate surface area is 157 Å². The number of anilines is 1. The normalized spacial score (nSPS) is 11.0. The van der Waals surface area contributed by atoms with Crippen molar-refractivity contribution in [2.75, 3.05) is 12.4 Å². The van der Waals surface area contributed by atoms with Crippen LogP contribution in [0.5, 0.6) is 0 Å². The molecule has 1 aromatic carbocycles. The van der Waals surface area contributed by atoms with Gasteiger partial charge in [0.25, 0.3) is 5.91 Å². The molecule has 0 radical (unpaired) electrons. The molecule has 0 fully saturated rings. The lowest BCUT2D eigenvalue weighted by Crippen LogP contribution is -2.40. The van der Waals surface area contributed by atoms with Crippen molar-refractivity contribution in [2.24, 2.45) is 7.05 Å². The molecule has 8 nitrogen and oxygen atoms in total. The predicted octanol–water partition coefficient (Wildman–Crippen LogP) is 2.97. The molecule has 0 saturated carbocycles. The van der Waals surface area contributed by atoms with E-state index in [-0.39, 0.29) is 23.7 Å². The summed E-state index contributed by atoms with van der Waals surface area (Å²) >= 11 is 0. The summed E-state index contributed by atoms with van der Waals surface area (Å²) in [6, 6.07) is 8.68. The van der Waals surface area contributed by atoms with Crippen LogP contribution in [0.25, 0.3) is 11.0 Å². The van der Waals surface area contributed by atoms with Crippen molar-refractivity contribution in [1.29, 1.82) is 0 Å². The van der Waals surface area contributed by atoms with Gasteiger partial charge in [-0.25, -0.2) is 9.78 Å². The van der Waals surface area contributed by atoms with Gasteiger partial charge in [0, 0.05) is 25.8 Å². The number of furan rings is 1. The Kier molecular flexibility index (Phi) is 5.16. The number of benzene rings is 1. The van der Waals surface area contributed by atoms with Crippen LogP contribution >= 0.6 is 0 Å². The maximum absolute atomic E-state index is 12.1. The molecule has 2 N–H and O–H groups in total. The van der Waals surface area contributed by atoms with Gasteiger partial charge in [-0.05, 0) is 44.2 Å². The fourth-order valence-electron chi connectivity index (χ4n) is 2.71. The Balaban J connectivity index is 1.78. The minimum Gasteiger partial charge on any atom is -0.459 e. The number of imidazole rings is 1. The Morgan fingerprint density at radius 1 is 1.30 bits per heavy atom. The number of rotatable bonds is 5. The average molecular weight is 369 g/mol. The maximum atomic E-state index is 12.1. The van der Waals surface area contributed by atoms with E-state index >= 15 is 0 Å². The molecule has 142 valence electrons.